The summed E-state index contributed by atoms with van der Waals surface area (Å²) < 4.78 is 27.1. The highest BCUT2D eigenvalue weighted by Crippen LogP contribution is 2.45. The fourth-order valence-electron chi connectivity index (χ4n) is 6.37. The number of fused-ring (bicyclic) bond motifs is 5. The normalized spacial score (nSPS) is 19.9. The van der Waals surface area contributed by atoms with Crippen LogP contribution in [0.3, 0.4) is 0 Å². The number of halogens is 1. The van der Waals surface area contributed by atoms with Crippen LogP contribution in [-0.2, 0) is 49.0 Å². The molecule has 0 saturated carbocycles. The molecule has 3 aromatic rings. The number of hydrogen-bond acceptors (Lipinski definition) is 9. The Morgan fingerprint density at radius 2 is 1.96 bits per heavy atom. The number of hydrogen-bond donors (Lipinski definition) is 4. The number of aliphatic hydroxyl groups is 1. The number of carbonyl (C=O) groups is 3. The van der Waals surface area contributed by atoms with Crippen LogP contribution < -0.4 is 21.5 Å². The van der Waals surface area contributed by atoms with Crippen LogP contribution in [-0.4, -0.2) is 57.9 Å². The van der Waals surface area contributed by atoms with Crippen LogP contribution in [0.4, 0.5) is 4.39 Å². The molecule has 3 aliphatic rings. The van der Waals surface area contributed by atoms with E-state index < -0.39 is 34.9 Å². The summed E-state index contributed by atoms with van der Waals surface area (Å²) in [5.41, 5.74) is 1.61. The van der Waals surface area contributed by atoms with Gasteiger partial charge in [-0.3, -0.25) is 14.4 Å². The predicted octanol–water partition coefficient (Wildman–Crippen LogP) is 1.72. The molecule has 1 aromatic carbocycles. The molecule has 12 nitrogen and oxygen atoms in total. The molecule has 13 heteroatoms. The molecule has 0 spiro atoms. The van der Waals surface area contributed by atoms with Gasteiger partial charge in [0.2, 0.25) is 11.8 Å². The summed E-state index contributed by atoms with van der Waals surface area (Å²) in [6, 6.07) is 2.45. The molecule has 0 bridgehead atoms. The number of amides is 2. The molecule has 2 aliphatic heterocycles. The summed E-state index contributed by atoms with van der Waals surface area (Å²) in [5, 5.41) is 20.4. The highest BCUT2D eigenvalue weighted by molar-refractivity contribution is 5.94. The van der Waals surface area contributed by atoms with E-state index in [4.69, 9.17) is 14.5 Å². The molecule has 0 unspecified atom stereocenters. The molecule has 238 valence electrons. The average Bonchev–Trinajstić information content (AvgIpc) is 3.34. The minimum absolute atomic E-state index is 0.110. The van der Waals surface area contributed by atoms with E-state index in [0.717, 1.165) is 16.5 Å². The Labute approximate surface area is 258 Å². The zero-order valence-corrected chi connectivity index (χ0v) is 25.9. The fraction of sp³-hybridized carbons (Fsp3) is 0.469. The second kappa shape index (κ2) is 11.0. The van der Waals surface area contributed by atoms with E-state index in [0.29, 0.717) is 40.9 Å². The van der Waals surface area contributed by atoms with Gasteiger partial charge in [0.1, 0.15) is 25.8 Å². The number of rotatable bonds is 7. The minimum Gasteiger partial charge on any atom is -0.458 e. The van der Waals surface area contributed by atoms with Gasteiger partial charge in [0.25, 0.3) is 5.56 Å². The van der Waals surface area contributed by atoms with E-state index in [-0.39, 0.29) is 55.6 Å². The van der Waals surface area contributed by atoms with Crippen LogP contribution in [0, 0.1) is 12.7 Å². The predicted molar refractivity (Wildman–Crippen MR) is 161 cm³/mol. The van der Waals surface area contributed by atoms with Crippen molar-refractivity contribution in [2.24, 2.45) is 0 Å². The van der Waals surface area contributed by atoms with Crippen molar-refractivity contribution in [1.29, 1.82) is 0 Å². The molecule has 2 amide bonds. The molecule has 0 fully saturated rings. The van der Waals surface area contributed by atoms with Gasteiger partial charge in [-0.25, -0.2) is 14.2 Å². The van der Waals surface area contributed by atoms with Crippen LogP contribution >= 0.6 is 0 Å². The average molecular weight is 622 g/mol. The van der Waals surface area contributed by atoms with E-state index in [9.17, 15) is 24.3 Å². The van der Waals surface area contributed by atoms with Gasteiger partial charge in [0, 0.05) is 28.1 Å². The van der Waals surface area contributed by atoms with Gasteiger partial charge in [-0.05, 0) is 70.2 Å². The van der Waals surface area contributed by atoms with Crippen molar-refractivity contribution >= 4 is 28.7 Å². The Morgan fingerprint density at radius 1 is 1.20 bits per heavy atom. The Kier molecular flexibility index (Phi) is 7.53. The fourth-order valence-corrected chi connectivity index (χ4v) is 6.37. The van der Waals surface area contributed by atoms with Gasteiger partial charge in [-0.2, -0.15) is 0 Å². The summed E-state index contributed by atoms with van der Waals surface area (Å²) >= 11 is 0. The molecule has 1 aliphatic carbocycles. The second-order valence-electron chi connectivity index (χ2n) is 13.0. The van der Waals surface area contributed by atoms with E-state index in [2.05, 4.69) is 16.0 Å². The molecule has 6 rings (SSSR count). The Balaban J connectivity index is 1.31. The standard InChI is InChI=1S/C32H36FN5O7/c1-15-16-6-7-21(36-25(40)13-44-14-34-24(39)10-35-31(2,3)4)27-17-11-38-23(28(17)37-22(26(16)27)9-20(15)33)8-19-18(29(38)41)12-45-30(42)32(19,5)43/h8-9,21,35,43H,6-7,10-14H2,1-5H3,(H,34,39)(H,36,40)/t21-,32-/m0/s1. The first-order valence-corrected chi connectivity index (χ1v) is 14.9. The van der Waals surface area contributed by atoms with E-state index >= 15 is 4.39 Å². The minimum atomic E-state index is -2.02. The quantitative estimate of drug-likeness (QED) is 0.137. The zero-order chi connectivity index (χ0) is 32.4. The van der Waals surface area contributed by atoms with E-state index in [1.54, 1.807) is 13.0 Å². The topological polar surface area (TPSA) is 161 Å². The van der Waals surface area contributed by atoms with Crippen LogP contribution in [0.15, 0.2) is 16.9 Å². The lowest BCUT2D eigenvalue weighted by molar-refractivity contribution is -0.169. The number of aromatic nitrogens is 2. The summed E-state index contributed by atoms with van der Waals surface area (Å²) in [7, 11) is 0. The molecule has 2 aromatic heterocycles. The number of nitrogens with one attached hydrogen (secondary N) is 3. The van der Waals surface area contributed by atoms with Gasteiger partial charge in [0.05, 0.1) is 41.6 Å². The monoisotopic (exact) mass is 621 g/mol. The number of esters is 1. The SMILES string of the molecule is Cc1c(F)cc2nc3c(c4c2c1CC[C@@H]4NC(=O)COCNC(=O)CNC(C)(C)C)Cn1c-3cc2c(c1=O)COC(=O)[C@@]2(C)O. The molecular weight excluding hydrogens is 585 g/mol. The smallest absolute Gasteiger partial charge is 0.342 e. The molecule has 4 N–H and O–H groups in total. The van der Waals surface area contributed by atoms with Gasteiger partial charge in [0.15, 0.2) is 5.60 Å². The first-order valence-electron chi connectivity index (χ1n) is 14.9. The molecule has 2 atom stereocenters. The van der Waals surface area contributed by atoms with Crippen LogP contribution in [0.1, 0.15) is 73.5 Å². The number of cyclic esters (lactones) is 1. The maximum absolute atomic E-state index is 15.1. The van der Waals surface area contributed by atoms with Crippen molar-refractivity contribution in [3.05, 3.63) is 61.7 Å². The van der Waals surface area contributed by atoms with Crippen molar-refractivity contribution in [3.8, 4) is 11.4 Å². The number of carbonyl (C=O) groups excluding carboxylic acids is 3. The van der Waals surface area contributed by atoms with Crippen molar-refractivity contribution in [2.45, 2.75) is 77.8 Å². The molecular formula is C32H36FN5O7. The second-order valence-corrected chi connectivity index (χ2v) is 13.0. The lowest BCUT2D eigenvalue weighted by Gasteiger charge is -2.30. The summed E-state index contributed by atoms with van der Waals surface area (Å²) in [5.74, 6) is -1.93. The van der Waals surface area contributed by atoms with Crippen LogP contribution in [0.2, 0.25) is 0 Å². The van der Waals surface area contributed by atoms with Gasteiger partial charge in [-0.1, -0.05) is 0 Å². The Morgan fingerprint density at radius 3 is 2.69 bits per heavy atom. The summed E-state index contributed by atoms with van der Waals surface area (Å²) in [6.45, 7) is 8.37. The highest BCUT2D eigenvalue weighted by atomic mass is 19.1. The zero-order valence-electron chi connectivity index (χ0n) is 25.9. The van der Waals surface area contributed by atoms with Crippen molar-refractivity contribution in [3.63, 3.8) is 0 Å². The van der Waals surface area contributed by atoms with E-state index in [1.807, 2.05) is 20.8 Å². The van der Waals surface area contributed by atoms with Crippen molar-refractivity contribution in [1.82, 2.24) is 25.5 Å². The third kappa shape index (κ3) is 5.38. The first kappa shape index (κ1) is 30.8. The first-order chi connectivity index (χ1) is 21.2. The highest BCUT2D eigenvalue weighted by Gasteiger charge is 2.43. The number of ether oxygens (including phenoxy) is 2. The number of benzene rings is 1. The largest absolute Gasteiger partial charge is 0.458 e. The lowest BCUT2D eigenvalue weighted by atomic mass is 9.81. The van der Waals surface area contributed by atoms with Gasteiger partial charge < -0.3 is 35.1 Å². The molecule has 0 radical (unpaired) electrons. The number of pyridine rings is 2. The van der Waals surface area contributed by atoms with Crippen molar-refractivity contribution in [2.75, 3.05) is 19.9 Å². The number of aryl methyl sites for hydroxylation is 1. The van der Waals surface area contributed by atoms with E-state index in [1.165, 1.54) is 17.6 Å². The summed E-state index contributed by atoms with van der Waals surface area (Å²) in [6.07, 6.45) is 0.975. The molecule has 0 saturated heterocycles. The molecule has 4 heterocycles. The van der Waals surface area contributed by atoms with Gasteiger partial charge in [-0.15, -0.1) is 0 Å². The van der Waals surface area contributed by atoms with Crippen LogP contribution in [0.5, 0.6) is 0 Å². The lowest BCUT2D eigenvalue weighted by Crippen LogP contribution is -2.44. The third-order valence-electron chi connectivity index (χ3n) is 8.72. The Bertz CT molecular complexity index is 1840. The van der Waals surface area contributed by atoms with Crippen LogP contribution in [0.25, 0.3) is 22.3 Å². The van der Waals surface area contributed by atoms with Crippen molar-refractivity contribution < 1.29 is 33.4 Å². The summed E-state index contributed by atoms with van der Waals surface area (Å²) in [4.78, 5) is 55.9. The Hall–Kier alpha value is -4.20. The maximum Gasteiger partial charge on any atom is 0.342 e. The molecule has 45 heavy (non-hydrogen) atoms. The third-order valence-corrected chi connectivity index (χ3v) is 8.72. The maximum atomic E-state index is 15.1. The van der Waals surface area contributed by atoms with Gasteiger partial charge >= 0.3 is 5.97 Å². The number of nitrogens with zero attached hydrogens (tertiary/aromatic N) is 2.